The number of amides is 1. The van der Waals surface area contributed by atoms with E-state index in [-0.39, 0.29) is 12.5 Å². The zero-order valence-corrected chi connectivity index (χ0v) is 14.9. The van der Waals surface area contributed by atoms with Crippen LogP contribution in [0.5, 0.6) is 0 Å². The SMILES string of the molecule is Cc1cc(CN(C)CC(=O)Nc2ccc(N3CCCCC3)nc2)no1. The Morgan fingerprint density at radius 1 is 1.32 bits per heavy atom. The fourth-order valence-corrected chi connectivity index (χ4v) is 3.04. The molecule has 0 saturated carbocycles. The van der Waals surface area contributed by atoms with Crippen LogP contribution in [0.3, 0.4) is 0 Å². The number of aryl methyl sites for hydroxylation is 1. The van der Waals surface area contributed by atoms with Gasteiger partial charge in [-0.05, 0) is 45.4 Å². The Kier molecular flexibility index (Phi) is 5.65. The first-order valence-electron chi connectivity index (χ1n) is 8.72. The number of pyridine rings is 1. The minimum atomic E-state index is -0.0739. The van der Waals surface area contributed by atoms with E-state index in [1.807, 2.05) is 37.1 Å². The molecule has 7 nitrogen and oxygen atoms in total. The van der Waals surface area contributed by atoms with Crippen molar-refractivity contribution in [3.05, 3.63) is 35.9 Å². The van der Waals surface area contributed by atoms with Crippen LogP contribution in [0.1, 0.15) is 30.7 Å². The lowest BCUT2D eigenvalue weighted by Crippen LogP contribution is -2.31. The van der Waals surface area contributed by atoms with Gasteiger partial charge < -0.3 is 14.7 Å². The molecule has 0 spiro atoms. The maximum Gasteiger partial charge on any atom is 0.238 e. The summed E-state index contributed by atoms with van der Waals surface area (Å²) in [6.45, 7) is 4.82. The topological polar surface area (TPSA) is 74.5 Å². The van der Waals surface area contributed by atoms with Gasteiger partial charge in [0.25, 0.3) is 0 Å². The number of nitrogens with one attached hydrogen (secondary N) is 1. The molecule has 7 heteroatoms. The van der Waals surface area contributed by atoms with Crippen LogP contribution in [0.15, 0.2) is 28.9 Å². The minimum Gasteiger partial charge on any atom is -0.361 e. The molecule has 25 heavy (non-hydrogen) atoms. The van der Waals surface area contributed by atoms with Crippen LogP contribution in [0, 0.1) is 6.92 Å². The Morgan fingerprint density at radius 2 is 2.12 bits per heavy atom. The Bertz CT molecular complexity index is 692. The second kappa shape index (κ2) is 8.11. The lowest BCUT2D eigenvalue weighted by atomic mass is 10.1. The van der Waals surface area contributed by atoms with Gasteiger partial charge in [0.1, 0.15) is 11.6 Å². The molecule has 2 aromatic rings. The second-order valence-electron chi connectivity index (χ2n) is 6.60. The molecule has 1 aliphatic rings. The predicted molar refractivity (Wildman–Crippen MR) is 96.5 cm³/mol. The Balaban J connectivity index is 1.48. The minimum absolute atomic E-state index is 0.0739. The number of aromatic nitrogens is 2. The highest BCUT2D eigenvalue weighted by Crippen LogP contribution is 2.18. The molecule has 3 heterocycles. The van der Waals surface area contributed by atoms with Crippen molar-refractivity contribution < 1.29 is 9.32 Å². The highest BCUT2D eigenvalue weighted by atomic mass is 16.5. The first-order chi connectivity index (χ1) is 12.1. The molecular weight excluding hydrogens is 318 g/mol. The molecule has 1 saturated heterocycles. The first kappa shape index (κ1) is 17.4. The number of nitrogens with zero attached hydrogens (tertiary/aromatic N) is 4. The quantitative estimate of drug-likeness (QED) is 0.868. The molecule has 2 aromatic heterocycles. The van der Waals surface area contributed by atoms with Crippen LogP contribution in [-0.2, 0) is 11.3 Å². The summed E-state index contributed by atoms with van der Waals surface area (Å²) in [5.74, 6) is 1.68. The van der Waals surface area contributed by atoms with E-state index in [0.717, 1.165) is 36.0 Å². The monoisotopic (exact) mass is 343 g/mol. The van der Waals surface area contributed by atoms with Gasteiger partial charge in [0.15, 0.2) is 0 Å². The molecule has 0 aliphatic carbocycles. The van der Waals surface area contributed by atoms with Gasteiger partial charge in [-0.15, -0.1) is 0 Å². The first-order valence-corrected chi connectivity index (χ1v) is 8.72. The average Bonchev–Trinajstić information content (AvgIpc) is 3.01. The zero-order valence-electron chi connectivity index (χ0n) is 14.9. The van der Waals surface area contributed by atoms with Crippen molar-refractivity contribution >= 4 is 17.4 Å². The molecule has 0 atom stereocenters. The number of hydrogen-bond donors (Lipinski definition) is 1. The van der Waals surface area contributed by atoms with Gasteiger partial charge in [-0.25, -0.2) is 4.98 Å². The molecule has 1 amide bonds. The molecule has 134 valence electrons. The van der Waals surface area contributed by atoms with Gasteiger partial charge in [-0.1, -0.05) is 5.16 Å². The van der Waals surface area contributed by atoms with Crippen molar-refractivity contribution in [1.29, 1.82) is 0 Å². The molecule has 1 fully saturated rings. The standard InChI is InChI=1S/C18H25N5O2/c1-14-10-16(21-25-14)12-22(2)13-18(24)20-15-6-7-17(19-11-15)23-8-4-3-5-9-23/h6-7,10-11H,3-5,8-9,12-13H2,1-2H3,(H,20,24). The van der Waals surface area contributed by atoms with Crippen molar-refractivity contribution in [2.45, 2.75) is 32.7 Å². The van der Waals surface area contributed by atoms with Crippen molar-refractivity contribution in [3.8, 4) is 0 Å². The number of rotatable bonds is 6. The van der Waals surface area contributed by atoms with Crippen molar-refractivity contribution in [2.24, 2.45) is 0 Å². The summed E-state index contributed by atoms with van der Waals surface area (Å²) in [5, 5.41) is 6.83. The van der Waals surface area contributed by atoms with Gasteiger partial charge in [0.05, 0.1) is 24.1 Å². The van der Waals surface area contributed by atoms with Gasteiger partial charge in [-0.3, -0.25) is 9.69 Å². The number of carbonyl (C=O) groups excluding carboxylic acids is 1. The van der Waals surface area contributed by atoms with Crippen molar-refractivity contribution in [1.82, 2.24) is 15.0 Å². The maximum absolute atomic E-state index is 12.2. The van der Waals surface area contributed by atoms with E-state index in [1.165, 1.54) is 19.3 Å². The van der Waals surface area contributed by atoms with Crippen molar-refractivity contribution in [2.75, 3.05) is 36.9 Å². The number of likely N-dealkylation sites (N-methyl/N-ethyl adjacent to an activating group) is 1. The highest BCUT2D eigenvalue weighted by molar-refractivity contribution is 5.92. The number of hydrogen-bond acceptors (Lipinski definition) is 6. The predicted octanol–water partition coefficient (Wildman–Crippen LogP) is 2.44. The summed E-state index contributed by atoms with van der Waals surface area (Å²) in [4.78, 5) is 20.8. The summed E-state index contributed by atoms with van der Waals surface area (Å²) in [5.41, 5.74) is 1.54. The maximum atomic E-state index is 12.2. The normalized spacial score (nSPS) is 14.8. The van der Waals surface area contributed by atoms with Gasteiger partial charge >= 0.3 is 0 Å². The third kappa shape index (κ3) is 5.03. The number of anilines is 2. The second-order valence-corrected chi connectivity index (χ2v) is 6.60. The molecule has 0 bridgehead atoms. The molecule has 0 aromatic carbocycles. The Labute approximate surface area is 148 Å². The highest BCUT2D eigenvalue weighted by Gasteiger charge is 2.13. The molecule has 0 radical (unpaired) electrons. The van der Waals surface area contributed by atoms with Gasteiger partial charge in [0.2, 0.25) is 5.91 Å². The lowest BCUT2D eigenvalue weighted by molar-refractivity contribution is -0.117. The fraction of sp³-hybridized carbons (Fsp3) is 0.500. The third-order valence-corrected chi connectivity index (χ3v) is 4.23. The van der Waals surface area contributed by atoms with Crippen LogP contribution in [0.25, 0.3) is 0 Å². The molecule has 1 N–H and O–H groups in total. The van der Waals surface area contributed by atoms with E-state index in [4.69, 9.17) is 4.52 Å². The fourth-order valence-electron chi connectivity index (χ4n) is 3.04. The van der Waals surface area contributed by atoms with E-state index in [0.29, 0.717) is 6.54 Å². The molecule has 1 aliphatic heterocycles. The number of piperidine rings is 1. The van der Waals surface area contributed by atoms with Crippen LogP contribution in [0.2, 0.25) is 0 Å². The largest absolute Gasteiger partial charge is 0.361 e. The Hall–Kier alpha value is -2.41. The van der Waals surface area contributed by atoms with E-state index < -0.39 is 0 Å². The van der Waals surface area contributed by atoms with Gasteiger partial charge in [0, 0.05) is 25.7 Å². The van der Waals surface area contributed by atoms with Crippen molar-refractivity contribution in [3.63, 3.8) is 0 Å². The lowest BCUT2D eigenvalue weighted by Gasteiger charge is -2.27. The summed E-state index contributed by atoms with van der Waals surface area (Å²) in [6.07, 6.45) is 5.46. The summed E-state index contributed by atoms with van der Waals surface area (Å²) >= 11 is 0. The van der Waals surface area contributed by atoms with Crippen LogP contribution < -0.4 is 10.2 Å². The van der Waals surface area contributed by atoms with E-state index in [2.05, 4.69) is 20.4 Å². The Morgan fingerprint density at radius 3 is 2.76 bits per heavy atom. The number of carbonyl (C=O) groups is 1. The van der Waals surface area contributed by atoms with E-state index >= 15 is 0 Å². The van der Waals surface area contributed by atoms with E-state index in [9.17, 15) is 4.79 Å². The third-order valence-electron chi connectivity index (χ3n) is 4.23. The van der Waals surface area contributed by atoms with Crippen LogP contribution >= 0.6 is 0 Å². The summed E-state index contributed by atoms with van der Waals surface area (Å²) in [6, 6.07) is 5.76. The zero-order chi connectivity index (χ0) is 17.6. The van der Waals surface area contributed by atoms with Gasteiger partial charge in [-0.2, -0.15) is 0 Å². The summed E-state index contributed by atoms with van der Waals surface area (Å²) in [7, 11) is 1.88. The van der Waals surface area contributed by atoms with Crippen LogP contribution in [0.4, 0.5) is 11.5 Å². The molecular formula is C18H25N5O2. The van der Waals surface area contributed by atoms with E-state index in [1.54, 1.807) is 6.20 Å². The molecule has 0 unspecified atom stereocenters. The smallest absolute Gasteiger partial charge is 0.238 e. The average molecular weight is 343 g/mol. The molecule has 3 rings (SSSR count). The van der Waals surface area contributed by atoms with Crippen LogP contribution in [-0.4, -0.2) is 47.6 Å². The summed E-state index contributed by atoms with van der Waals surface area (Å²) < 4.78 is 5.04.